The fourth-order valence-electron chi connectivity index (χ4n) is 3.05. The molecular formula is C17H15NO2Se. The molecule has 4 heteroatoms. The van der Waals surface area contributed by atoms with Gasteiger partial charge in [0.05, 0.1) is 0 Å². The standard InChI is InChI=1S/C17H15NO2Se/c1-20-12-6-7-13-11(10-12)8-9-18-16(19)14-4-2-3-5-15(14)21-17(13)18/h2-7,10,17H,8-9H2,1H3. The van der Waals surface area contributed by atoms with Crippen molar-refractivity contribution in [1.29, 1.82) is 0 Å². The second-order valence-corrected chi connectivity index (χ2v) is 7.63. The van der Waals surface area contributed by atoms with Gasteiger partial charge in [-0.3, -0.25) is 0 Å². The molecule has 0 fully saturated rings. The van der Waals surface area contributed by atoms with E-state index in [4.69, 9.17) is 4.74 Å². The van der Waals surface area contributed by atoms with Gasteiger partial charge in [0.1, 0.15) is 0 Å². The van der Waals surface area contributed by atoms with E-state index in [1.165, 1.54) is 15.6 Å². The number of methoxy groups -OCH3 is 1. The van der Waals surface area contributed by atoms with Gasteiger partial charge in [-0.25, -0.2) is 0 Å². The molecule has 0 aromatic heterocycles. The summed E-state index contributed by atoms with van der Waals surface area (Å²) in [5.41, 5.74) is 3.51. The van der Waals surface area contributed by atoms with Gasteiger partial charge in [0.2, 0.25) is 0 Å². The Bertz CT molecular complexity index is 728. The molecule has 2 aromatic carbocycles. The van der Waals surface area contributed by atoms with Crippen molar-refractivity contribution in [3.05, 3.63) is 59.2 Å². The Morgan fingerprint density at radius 2 is 2.10 bits per heavy atom. The zero-order valence-corrected chi connectivity index (χ0v) is 13.4. The van der Waals surface area contributed by atoms with E-state index in [1.807, 2.05) is 24.3 Å². The third-order valence-electron chi connectivity index (χ3n) is 4.14. The molecule has 0 saturated heterocycles. The van der Waals surface area contributed by atoms with Gasteiger partial charge >= 0.3 is 130 Å². The van der Waals surface area contributed by atoms with Gasteiger partial charge in [-0.1, -0.05) is 0 Å². The van der Waals surface area contributed by atoms with Crippen molar-refractivity contribution in [2.75, 3.05) is 13.7 Å². The van der Waals surface area contributed by atoms with Crippen LogP contribution in [0.15, 0.2) is 42.5 Å². The van der Waals surface area contributed by atoms with Gasteiger partial charge < -0.3 is 0 Å². The fraction of sp³-hybridized carbons (Fsp3) is 0.235. The zero-order valence-electron chi connectivity index (χ0n) is 11.7. The second-order valence-electron chi connectivity index (χ2n) is 5.28. The van der Waals surface area contributed by atoms with E-state index >= 15 is 0 Å². The number of fused-ring (bicyclic) bond motifs is 4. The third kappa shape index (κ3) is 1.98. The summed E-state index contributed by atoms with van der Waals surface area (Å²) in [5.74, 6) is 1.09. The molecule has 4 rings (SSSR count). The predicted octanol–water partition coefficient (Wildman–Crippen LogP) is 1.74. The van der Waals surface area contributed by atoms with Crippen LogP contribution < -0.4 is 9.20 Å². The van der Waals surface area contributed by atoms with E-state index in [2.05, 4.69) is 23.1 Å². The summed E-state index contributed by atoms with van der Waals surface area (Å²) in [6.45, 7) is 0.805. The van der Waals surface area contributed by atoms with Gasteiger partial charge in [0.15, 0.2) is 0 Å². The Morgan fingerprint density at radius 3 is 2.95 bits per heavy atom. The SMILES string of the molecule is COc1ccc2c(c1)CCN1C(=O)c3ccccc3[Se]C21. The van der Waals surface area contributed by atoms with Gasteiger partial charge in [-0.2, -0.15) is 0 Å². The summed E-state index contributed by atoms with van der Waals surface area (Å²) in [7, 11) is 1.70. The second kappa shape index (κ2) is 4.90. The van der Waals surface area contributed by atoms with Gasteiger partial charge in [-0.15, -0.1) is 0 Å². The Kier molecular flexibility index (Phi) is 3.02. The first-order valence-corrected chi connectivity index (χ1v) is 8.86. The maximum absolute atomic E-state index is 12.7. The minimum atomic E-state index is 0.185. The van der Waals surface area contributed by atoms with E-state index in [9.17, 15) is 4.79 Å². The van der Waals surface area contributed by atoms with Crippen LogP contribution in [-0.4, -0.2) is 39.4 Å². The van der Waals surface area contributed by atoms with E-state index in [1.54, 1.807) is 7.11 Å². The Balaban J connectivity index is 1.80. The predicted molar refractivity (Wildman–Crippen MR) is 82.3 cm³/mol. The van der Waals surface area contributed by atoms with E-state index in [0.29, 0.717) is 0 Å². The van der Waals surface area contributed by atoms with Crippen molar-refractivity contribution in [1.82, 2.24) is 4.90 Å². The molecule has 106 valence electrons. The summed E-state index contributed by atoms with van der Waals surface area (Å²) in [4.78, 5) is 15.0. The minimum absolute atomic E-state index is 0.185. The topological polar surface area (TPSA) is 29.5 Å². The number of amides is 1. The van der Waals surface area contributed by atoms with Crippen molar-refractivity contribution in [3.63, 3.8) is 0 Å². The molecule has 1 amide bonds. The molecule has 0 N–H and O–H groups in total. The van der Waals surface area contributed by atoms with Crippen LogP contribution in [0.3, 0.4) is 0 Å². The Hall–Kier alpha value is -1.77. The summed E-state index contributed by atoms with van der Waals surface area (Å²) >= 11 is 0.258. The molecule has 0 saturated carbocycles. The monoisotopic (exact) mass is 345 g/mol. The van der Waals surface area contributed by atoms with Crippen molar-refractivity contribution in [2.24, 2.45) is 0 Å². The van der Waals surface area contributed by atoms with Crippen LogP contribution in [0.25, 0.3) is 0 Å². The van der Waals surface area contributed by atoms with Crippen LogP contribution in [0.1, 0.15) is 26.4 Å². The first kappa shape index (κ1) is 12.9. The molecule has 0 spiro atoms. The number of nitrogens with zero attached hydrogens (tertiary/aromatic N) is 1. The molecule has 0 bridgehead atoms. The average molecular weight is 344 g/mol. The third-order valence-corrected chi connectivity index (χ3v) is 6.95. The molecule has 2 aromatic rings. The van der Waals surface area contributed by atoms with Crippen LogP contribution in [0.5, 0.6) is 5.75 Å². The van der Waals surface area contributed by atoms with Gasteiger partial charge in [-0.05, 0) is 0 Å². The van der Waals surface area contributed by atoms with E-state index < -0.39 is 0 Å². The van der Waals surface area contributed by atoms with E-state index in [-0.39, 0.29) is 25.8 Å². The number of hydrogen-bond donors (Lipinski definition) is 0. The fourth-order valence-corrected chi connectivity index (χ4v) is 5.91. The first-order valence-electron chi connectivity index (χ1n) is 7.01. The zero-order chi connectivity index (χ0) is 14.4. The number of carbonyl (C=O) groups is 1. The van der Waals surface area contributed by atoms with Gasteiger partial charge in [0, 0.05) is 0 Å². The van der Waals surface area contributed by atoms with E-state index in [0.717, 1.165) is 24.3 Å². The molecule has 2 aliphatic rings. The van der Waals surface area contributed by atoms with Crippen LogP contribution in [0.4, 0.5) is 0 Å². The van der Waals surface area contributed by atoms with Gasteiger partial charge in [0.25, 0.3) is 0 Å². The molecule has 2 heterocycles. The molecule has 0 radical (unpaired) electrons. The van der Waals surface area contributed by atoms with Crippen molar-refractivity contribution in [3.8, 4) is 5.75 Å². The summed E-state index contributed by atoms with van der Waals surface area (Å²) in [5, 5.41) is 0. The Labute approximate surface area is 130 Å². The van der Waals surface area contributed by atoms with Crippen molar-refractivity contribution < 1.29 is 9.53 Å². The molecule has 1 unspecified atom stereocenters. The molecular weight excluding hydrogens is 329 g/mol. The molecule has 1 atom stereocenters. The number of ether oxygens (including phenoxy) is 1. The number of hydrogen-bond acceptors (Lipinski definition) is 2. The summed E-state index contributed by atoms with van der Waals surface area (Å²) in [6, 6.07) is 14.3. The maximum atomic E-state index is 12.7. The summed E-state index contributed by atoms with van der Waals surface area (Å²) < 4.78 is 6.54. The normalized spacial score (nSPS) is 19.6. The Morgan fingerprint density at radius 1 is 1.24 bits per heavy atom. The summed E-state index contributed by atoms with van der Waals surface area (Å²) in [6.07, 6.45) is 0.910. The van der Waals surface area contributed by atoms with Crippen LogP contribution in [-0.2, 0) is 6.42 Å². The quantitative estimate of drug-likeness (QED) is 0.738. The number of carbonyl (C=O) groups excluding carboxylic acids is 1. The number of benzene rings is 2. The molecule has 0 aliphatic carbocycles. The van der Waals surface area contributed by atoms with Crippen LogP contribution in [0, 0.1) is 0 Å². The van der Waals surface area contributed by atoms with Crippen LogP contribution in [0.2, 0.25) is 0 Å². The average Bonchev–Trinajstić information content (AvgIpc) is 2.54. The molecule has 2 aliphatic heterocycles. The molecule has 3 nitrogen and oxygen atoms in total. The van der Waals surface area contributed by atoms with Crippen molar-refractivity contribution in [2.45, 2.75) is 11.4 Å². The number of rotatable bonds is 1. The van der Waals surface area contributed by atoms with Crippen molar-refractivity contribution >= 4 is 25.3 Å². The van der Waals surface area contributed by atoms with Crippen LogP contribution >= 0.6 is 0 Å². The molecule has 21 heavy (non-hydrogen) atoms. The first-order chi connectivity index (χ1) is 10.3.